The van der Waals surface area contributed by atoms with Gasteiger partial charge in [-0.05, 0) is 0 Å². The Bertz CT molecular complexity index is 194. The molecule has 2 atom stereocenters. The van der Waals surface area contributed by atoms with E-state index in [0.29, 0.717) is 0 Å². The number of aliphatic hydroxyl groups is 3. The molecule has 0 aliphatic carbocycles. The van der Waals surface area contributed by atoms with Gasteiger partial charge in [0.05, 0.1) is 0 Å². The Labute approximate surface area is 65.7 Å². The highest BCUT2D eigenvalue weighted by Gasteiger charge is 2.05. The summed E-state index contributed by atoms with van der Waals surface area (Å²) in [6, 6.07) is 0. The Kier molecular flexibility index (Phi) is 5.24. The summed E-state index contributed by atoms with van der Waals surface area (Å²) in [6.07, 6.45) is 2.92. The smallest absolute Gasteiger partial charge is 0.118 e. The highest BCUT2D eigenvalue weighted by Crippen LogP contribution is 1.94. The number of rotatable bonds is 2. The molecule has 0 aromatic carbocycles. The molecule has 0 bridgehead atoms. The van der Waals surface area contributed by atoms with E-state index in [9.17, 15) is 0 Å². The van der Waals surface area contributed by atoms with Gasteiger partial charge < -0.3 is 15.3 Å². The third kappa shape index (κ3) is 5.44. The van der Waals surface area contributed by atoms with Crippen LogP contribution in [0.25, 0.3) is 0 Å². The molecule has 0 aliphatic rings. The fourth-order valence-corrected chi connectivity index (χ4v) is 0.502. The number of hydrogen-bond acceptors (Lipinski definition) is 3. The van der Waals surface area contributed by atoms with E-state index < -0.39 is 12.2 Å². The molecule has 11 heavy (non-hydrogen) atoms. The van der Waals surface area contributed by atoms with Crippen LogP contribution in [0.5, 0.6) is 0 Å². The summed E-state index contributed by atoms with van der Waals surface area (Å²) in [5, 5.41) is 26.0. The Morgan fingerprint density at radius 1 is 1.27 bits per heavy atom. The second-order valence-corrected chi connectivity index (χ2v) is 1.91. The summed E-state index contributed by atoms with van der Waals surface area (Å²) in [5.41, 5.74) is 0. The molecule has 0 radical (unpaired) electrons. The first kappa shape index (κ1) is 10.0. The number of terminal acetylenes is 1. The quantitative estimate of drug-likeness (QED) is 0.434. The second-order valence-electron chi connectivity index (χ2n) is 1.91. The summed E-state index contributed by atoms with van der Waals surface area (Å²) in [7, 11) is 0. The molecule has 0 amide bonds. The molecule has 0 rings (SSSR count). The van der Waals surface area contributed by atoms with E-state index in [0.717, 1.165) is 0 Å². The molecule has 0 heterocycles. The van der Waals surface area contributed by atoms with Crippen LogP contribution in [0.1, 0.15) is 6.42 Å². The Balaban J connectivity index is 3.70. The van der Waals surface area contributed by atoms with E-state index in [-0.39, 0.29) is 13.0 Å². The minimum absolute atomic E-state index is 0.0174. The first-order valence-electron chi connectivity index (χ1n) is 3.12. The van der Waals surface area contributed by atoms with Crippen molar-refractivity contribution in [1.29, 1.82) is 0 Å². The molecule has 60 valence electrons. The fourth-order valence-electron chi connectivity index (χ4n) is 0.502. The predicted molar refractivity (Wildman–Crippen MR) is 40.3 cm³/mol. The summed E-state index contributed by atoms with van der Waals surface area (Å²) in [6.45, 7) is -0.302. The van der Waals surface area contributed by atoms with Gasteiger partial charge in [-0.25, -0.2) is 0 Å². The maximum atomic E-state index is 8.94. The zero-order chi connectivity index (χ0) is 8.69. The van der Waals surface area contributed by atoms with Crippen molar-refractivity contribution in [3.8, 4) is 24.2 Å². The predicted octanol–water partition coefficient (Wildman–Crippen LogP) is -1.27. The van der Waals surface area contributed by atoms with Gasteiger partial charge in [-0.15, -0.1) is 6.42 Å². The van der Waals surface area contributed by atoms with Gasteiger partial charge in [0.25, 0.3) is 0 Å². The lowest BCUT2D eigenvalue weighted by molar-refractivity contribution is 0.143. The van der Waals surface area contributed by atoms with E-state index in [2.05, 4.69) is 11.8 Å². The van der Waals surface area contributed by atoms with Gasteiger partial charge in [0.2, 0.25) is 0 Å². The van der Waals surface area contributed by atoms with Gasteiger partial charge in [0.1, 0.15) is 18.8 Å². The van der Waals surface area contributed by atoms with Gasteiger partial charge >= 0.3 is 0 Å². The van der Waals surface area contributed by atoms with Crippen molar-refractivity contribution >= 4 is 0 Å². The molecule has 0 aromatic heterocycles. The summed E-state index contributed by atoms with van der Waals surface area (Å²) < 4.78 is 0. The average molecular weight is 154 g/mol. The van der Waals surface area contributed by atoms with Crippen LogP contribution in [0, 0.1) is 24.2 Å². The van der Waals surface area contributed by atoms with Crippen LogP contribution < -0.4 is 0 Å². The highest BCUT2D eigenvalue weighted by molar-refractivity contribution is 5.07. The first-order valence-corrected chi connectivity index (χ1v) is 3.12. The van der Waals surface area contributed by atoms with Crippen molar-refractivity contribution in [2.24, 2.45) is 0 Å². The third-order valence-electron chi connectivity index (χ3n) is 0.987. The lowest BCUT2D eigenvalue weighted by Crippen LogP contribution is -2.14. The van der Waals surface area contributed by atoms with Gasteiger partial charge in [-0.2, -0.15) is 0 Å². The molecular weight excluding hydrogens is 144 g/mol. The minimum Gasteiger partial charge on any atom is -0.384 e. The average Bonchev–Trinajstić information content (AvgIpc) is 2.00. The van der Waals surface area contributed by atoms with Crippen LogP contribution in [-0.2, 0) is 0 Å². The fraction of sp³-hybridized carbons (Fsp3) is 0.500. The molecule has 0 spiro atoms. The molecule has 0 aliphatic heterocycles. The maximum absolute atomic E-state index is 8.94. The van der Waals surface area contributed by atoms with Gasteiger partial charge in [0.15, 0.2) is 0 Å². The van der Waals surface area contributed by atoms with E-state index in [1.54, 1.807) is 0 Å². The molecule has 3 heteroatoms. The first-order chi connectivity index (χ1) is 5.20. The molecule has 0 aromatic rings. The molecule has 0 saturated heterocycles. The summed E-state index contributed by atoms with van der Waals surface area (Å²) >= 11 is 0. The van der Waals surface area contributed by atoms with Crippen LogP contribution in [0.4, 0.5) is 0 Å². The molecule has 2 unspecified atom stereocenters. The second kappa shape index (κ2) is 5.76. The maximum Gasteiger partial charge on any atom is 0.118 e. The van der Waals surface area contributed by atoms with Gasteiger partial charge in [-0.3, -0.25) is 0 Å². The SMILES string of the molecule is C#CC(O)CC(O)C#CCO. The highest BCUT2D eigenvalue weighted by atomic mass is 16.3. The largest absolute Gasteiger partial charge is 0.384 e. The van der Waals surface area contributed by atoms with Gasteiger partial charge in [0, 0.05) is 6.42 Å². The van der Waals surface area contributed by atoms with E-state index in [4.69, 9.17) is 21.7 Å². The Morgan fingerprint density at radius 3 is 2.36 bits per heavy atom. The van der Waals surface area contributed by atoms with E-state index in [1.165, 1.54) is 0 Å². The van der Waals surface area contributed by atoms with Crippen LogP contribution in [0.2, 0.25) is 0 Å². The lowest BCUT2D eigenvalue weighted by atomic mass is 10.2. The van der Waals surface area contributed by atoms with Crippen LogP contribution >= 0.6 is 0 Å². The molecule has 0 saturated carbocycles. The summed E-state index contributed by atoms with van der Waals surface area (Å²) in [4.78, 5) is 0. The molecule has 3 N–H and O–H groups in total. The number of aliphatic hydroxyl groups excluding tert-OH is 3. The van der Waals surface area contributed by atoms with Crippen molar-refractivity contribution in [3.63, 3.8) is 0 Å². The molecular formula is C8H10O3. The standard InChI is InChI=1S/C8H10O3/c1-2-7(10)6-8(11)4-3-5-9/h1,7-11H,5-6H2. The number of hydrogen-bond donors (Lipinski definition) is 3. The normalized spacial score (nSPS) is 14.0. The van der Waals surface area contributed by atoms with Crippen molar-refractivity contribution < 1.29 is 15.3 Å². The van der Waals surface area contributed by atoms with Gasteiger partial charge in [-0.1, -0.05) is 17.8 Å². The topological polar surface area (TPSA) is 60.7 Å². The van der Waals surface area contributed by atoms with E-state index in [1.807, 2.05) is 5.92 Å². The minimum atomic E-state index is -0.974. The van der Waals surface area contributed by atoms with Crippen molar-refractivity contribution in [2.45, 2.75) is 18.6 Å². The Hall–Kier alpha value is -1.00. The Morgan fingerprint density at radius 2 is 1.91 bits per heavy atom. The van der Waals surface area contributed by atoms with Crippen molar-refractivity contribution in [2.75, 3.05) is 6.61 Å². The zero-order valence-corrected chi connectivity index (χ0v) is 5.99. The molecule has 0 fully saturated rings. The monoisotopic (exact) mass is 154 g/mol. The zero-order valence-electron chi connectivity index (χ0n) is 5.99. The van der Waals surface area contributed by atoms with Crippen molar-refractivity contribution in [1.82, 2.24) is 0 Å². The van der Waals surface area contributed by atoms with Crippen LogP contribution in [-0.4, -0.2) is 34.1 Å². The van der Waals surface area contributed by atoms with Crippen molar-refractivity contribution in [3.05, 3.63) is 0 Å². The third-order valence-corrected chi connectivity index (χ3v) is 0.987. The summed E-state index contributed by atoms with van der Waals surface area (Å²) in [5.74, 6) is 6.59. The molecule has 3 nitrogen and oxygen atoms in total. The van der Waals surface area contributed by atoms with E-state index >= 15 is 0 Å². The van der Waals surface area contributed by atoms with Crippen LogP contribution in [0.3, 0.4) is 0 Å². The van der Waals surface area contributed by atoms with Crippen LogP contribution in [0.15, 0.2) is 0 Å². The lowest BCUT2D eigenvalue weighted by Gasteiger charge is -2.03.